The van der Waals surface area contributed by atoms with Crippen LogP contribution in [0.25, 0.3) is 0 Å². The van der Waals surface area contributed by atoms with Gasteiger partial charge in [0.05, 0.1) is 6.10 Å². The lowest BCUT2D eigenvalue weighted by molar-refractivity contribution is -0.159. The Labute approximate surface area is 83.8 Å². The first-order valence-electron chi connectivity index (χ1n) is 5.33. The van der Waals surface area contributed by atoms with Crippen molar-refractivity contribution in [3.63, 3.8) is 0 Å². The Morgan fingerprint density at radius 1 is 1.29 bits per heavy atom. The van der Waals surface area contributed by atoms with Crippen molar-refractivity contribution in [2.45, 2.75) is 50.4 Å². The van der Waals surface area contributed by atoms with Gasteiger partial charge in [-0.05, 0) is 20.3 Å². The highest BCUT2D eigenvalue weighted by atomic mass is 16.8. The first-order valence-corrected chi connectivity index (χ1v) is 5.33. The molecule has 3 aliphatic heterocycles. The van der Waals surface area contributed by atoms with Gasteiger partial charge in [0.25, 0.3) is 0 Å². The lowest BCUT2D eigenvalue weighted by Crippen LogP contribution is -2.33. The van der Waals surface area contributed by atoms with E-state index in [9.17, 15) is 5.11 Å². The van der Waals surface area contributed by atoms with Crippen LogP contribution in [0.5, 0.6) is 0 Å². The minimum atomic E-state index is -0.436. The Bertz CT molecular complexity index is 256. The Kier molecular flexibility index (Phi) is 1.75. The third-order valence-electron chi connectivity index (χ3n) is 3.44. The van der Waals surface area contributed by atoms with Crippen LogP contribution in [-0.4, -0.2) is 53.2 Å². The number of rotatable bonds is 0. The Morgan fingerprint density at radius 2 is 2.07 bits per heavy atom. The van der Waals surface area contributed by atoms with E-state index in [-0.39, 0.29) is 18.3 Å². The monoisotopic (exact) mass is 199 g/mol. The molecule has 3 heterocycles. The molecule has 0 radical (unpaired) electrons. The fourth-order valence-electron chi connectivity index (χ4n) is 3.02. The maximum Gasteiger partial charge on any atom is 0.163 e. The molecule has 1 N–H and O–H groups in total. The molecular formula is C10H17NO3. The zero-order valence-electron chi connectivity index (χ0n) is 8.64. The van der Waals surface area contributed by atoms with Gasteiger partial charge in [0, 0.05) is 19.1 Å². The number of hydrogen-bond acceptors (Lipinski definition) is 4. The van der Waals surface area contributed by atoms with E-state index in [1.807, 2.05) is 13.8 Å². The quantitative estimate of drug-likeness (QED) is 0.594. The van der Waals surface area contributed by atoms with Crippen LogP contribution < -0.4 is 0 Å². The summed E-state index contributed by atoms with van der Waals surface area (Å²) in [5.41, 5.74) is 0. The fourth-order valence-corrected chi connectivity index (χ4v) is 3.02. The van der Waals surface area contributed by atoms with Gasteiger partial charge in [0.15, 0.2) is 5.79 Å². The zero-order valence-corrected chi connectivity index (χ0v) is 8.64. The molecule has 0 aromatic rings. The molecule has 80 valence electrons. The van der Waals surface area contributed by atoms with E-state index in [0.29, 0.717) is 6.04 Å². The molecule has 3 saturated heterocycles. The summed E-state index contributed by atoms with van der Waals surface area (Å²) in [6, 6.07) is 0.372. The van der Waals surface area contributed by atoms with Crippen molar-refractivity contribution in [2.75, 3.05) is 13.1 Å². The molecule has 0 aromatic heterocycles. The molecule has 0 aromatic carbocycles. The molecule has 3 aliphatic rings. The molecule has 4 unspecified atom stereocenters. The van der Waals surface area contributed by atoms with Crippen LogP contribution in [0.3, 0.4) is 0 Å². The average Bonchev–Trinajstić information content (AvgIpc) is 2.58. The van der Waals surface area contributed by atoms with E-state index in [4.69, 9.17) is 9.47 Å². The number of fused-ring (bicyclic) bond motifs is 3. The Morgan fingerprint density at radius 3 is 2.86 bits per heavy atom. The van der Waals surface area contributed by atoms with Gasteiger partial charge in [-0.15, -0.1) is 0 Å². The summed E-state index contributed by atoms with van der Waals surface area (Å²) in [5, 5.41) is 9.55. The van der Waals surface area contributed by atoms with Crippen LogP contribution in [0.15, 0.2) is 0 Å². The number of aliphatic hydroxyl groups excluding tert-OH is 1. The van der Waals surface area contributed by atoms with E-state index in [1.54, 1.807) is 0 Å². The largest absolute Gasteiger partial charge is 0.392 e. The highest BCUT2D eigenvalue weighted by Crippen LogP contribution is 2.40. The SMILES string of the molecule is CC1(C)OC2CN3CC(O)CC3C2O1. The predicted octanol–water partition coefficient (Wildman–Crippen LogP) is -0.0447. The van der Waals surface area contributed by atoms with Gasteiger partial charge < -0.3 is 14.6 Å². The third-order valence-corrected chi connectivity index (χ3v) is 3.44. The molecule has 14 heavy (non-hydrogen) atoms. The van der Waals surface area contributed by atoms with Gasteiger partial charge in [-0.25, -0.2) is 0 Å². The summed E-state index contributed by atoms with van der Waals surface area (Å²) >= 11 is 0. The van der Waals surface area contributed by atoms with Crippen molar-refractivity contribution in [3.05, 3.63) is 0 Å². The van der Waals surface area contributed by atoms with Crippen molar-refractivity contribution < 1.29 is 14.6 Å². The Balaban J connectivity index is 1.78. The maximum absolute atomic E-state index is 9.55. The van der Waals surface area contributed by atoms with E-state index < -0.39 is 5.79 Å². The predicted molar refractivity (Wildman–Crippen MR) is 49.8 cm³/mol. The number of nitrogens with zero attached hydrogens (tertiary/aromatic N) is 1. The summed E-state index contributed by atoms with van der Waals surface area (Å²) < 4.78 is 11.7. The minimum absolute atomic E-state index is 0.169. The first kappa shape index (κ1) is 9.09. The molecular weight excluding hydrogens is 182 g/mol. The van der Waals surface area contributed by atoms with Gasteiger partial charge in [-0.2, -0.15) is 0 Å². The fraction of sp³-hybridized carbons (Fsp3) is 1.00. The average molecular weight is 199 g/mol. The Hall–Kier alpha value is -0.160. The first-order chi connectivity index (χ1) is 6.55. The van der Waals surface area contributed by atoms with Crippen molar-refractivity contribution in [3.8, 4) is 0 Å². The standard InChI is InChI=1S/C10H17NO3/c1-10(2)13-8-5-11-4-6(12)3-7(11)9(8)14-10/h6-9,12H,3-5H2,1-2H3. The van der Waals surface area contributed by atoms with Gasteiger partial charge in [-0.3, -0.25) is 4.90 Å². The van der Waals surface area contributed by atoms with Gasteiger partial charge in [-0.1, -0.05) is 0 Å². The highest BCUT2D eigenvalue weighted by Gasteiger charge is 2.54. The minimum Gasteiger partial charge on any atom is -0.392 e. The molecule has 4 atom stereocenters. The second-order valence-corrected chi connectivity index (χ2v) is 5.05. The smallest absolute Gasteiger partial charge is 0.163 e. The van der Waals surface area contributed by atoms with E-state index in [1.165, 1.54) is 0 Å². The number of hydrogen-bond donors (Lipinski definition) is 1. The molecule has 4 heteroatoms. The normalized spacial score (nSPS) is 50.8. The van der Waals surface area contributed by atoms with Crippen LogP contribution in [0.4, 0.5) is 0 Å². The molecule has 0 amide bonds. The van der Waals surface area contributed by atoms with Crippen LogP contribution >= 0.6 is 0 Å². The molecule has 0 saturated carbocycles. The molecule has 0 bridgehead atoms. The summed E-state index contributed by atoms with van der Waals surface area (Å²) in [5.74, 6) is -0.436. The summed E-state index contributed by atoms with van der Waals surface area (Å²) in [6.07, 6.45) is 1.04. The van der Waals surface area contributed by atoms with E-state index in [2.05, 4.69) is 4.90 Å². The molecule has 4 nitrogen and oxygen atoms in total. The van der Waals surface area contributed by atoms with Crippen molar-refractivity contribution in [1.29, 1.82) is 0 Å². The molecule has 0 spiro atoms. The maximum atomic E-state index is 9.55. The van der Waals surface area contributed by atoms with Crippen molar-refractivity contribution in [1.82, 2.24) is 4.90 Å². The molecule has 3 rings (SSSR count). The van der Waals surface area contributed by atoms with Crippen molar-refractivity contribution >= 4 is 0 Å². The topological polar surface area (TPSA) is 41.9 Å². The summed E-state index contributed by atoms with van der Waals surface area (Å²) in [7, 11) is 0. The van der Waals surface area contributed by atoms with Gasteiger partial charge >= 0.3 is 0 Å². The lowest BCUT2D eigenvalue weighted by Gasteiger charge is -2.23. The third kappa shape index (κ3) is 1.21. The summed E-state index contributed by atoms with van der Waals surface area (Å²) in [6.45, 7) is 5.61. The van der Waals surface area contributed by atoms with Crippen LogP contribution in [0.2, 0.25) is 0 Å². The van der Waals surface area contributed by atoms with Crippen molar-refractivity contribution in [2.24, 2.45) is 0 Å². The number of aliphatic hydroxyl groups is 1. The molecule has 3 fully saturated rings. The van der Waals surface area contributed by atoms with Crippen LogP contribution in [0.1, 0.15) is 20.3 Å². The van der Waals surface area contributed by atoms with E-state index >= 15 is 0 Å². The zero-order chi connectivity index (χ0) is 9.92. The van der Waals surface area contributed by atoms with Crippen LogP contribution in [0, 0.1) is 0 Å². The lowest BCUT2D eigenvalue weighted by atomic mass is 10.1. The van der Waals surface area contributed by atoms with Crippen LogP contribution in [-0.2, 0) is 9.47 Å². The highest BCUT2D eigenvalue weighted by molar-refractivity contribution is 5.04. The second kappa shape index (κ2) is 2.70. The van der Waals surface area contributed by atoms with Gasteiger partial charge in [0.2, 0.25) is 0 Å². The number of ether oxygens (including phenoxy) is 2. The molecule has 0 aliphatic carbocycles. The summed E-state index contributed by atoms with van der Waals surface area (Å²) in [4.78, 5) is 2.29. The van der Waals surface area contributed by atoms with Gasteiger partial charge in [0.1, 0.15) is 12.2 Å². The second-order valence-electron chi connectivity index (χ2n) is 5.05. The van der Waals surface area contributed by atoms with E-state index in [0.717, 1.165) is 19.5 Å².